The molecule has 3 heterocycles. The average Bonchev–Trinajstić information content (AvgIpc) is 4.04. The van der Waals surface area contributed by atoms with Crippen molar-refractivity contribution in [3.63, 3.8) is 0 Å². The molecule has 11 rings (SSSR count). The third-order valence-electron chi connectivity index (χ3n) is 14.8. The number of rotatable bonds is 11. The lowest BCUT2D eigenvalue weighted by Gasteiger charge is -2.34. The molecule has 7 aromatic carbocycles. The van der Waals surface area contributed by atoms with Gasteiger partial charge in [-0.25, -0.2) is 0 Å². The molecular weight excluding hydrogens is 865 g/mol. The van der Waals surface area contributed by atoms with E-state index in [0.29, 0.717) is 5.92 Å². The first-order valence-electron chi connectivity index (χ1n) is 25.0. The van der Waals surface area contributed by atoms with Gasteiger partial charge >= 0.3 is 0 Å². The Labute approximate surface area is 418 Å². The molecule has 1 aliphatic heterocycles. The third-order valence-corrected chi connectivity index (χ3v) is 15.8. The minimum Gasteiger partial charge on any atom is -0.310 e. The summed E-state index contributed by atoms with van der Waals surface area (Å²) in [5.41, 5.74) is 19.7. The van der Waals surface area contributed by atoms with Crippen LogP contribution in [-0.2, 0) is 11.8 Å². The summed E-state index contributed by atoms with van der Waals surface area (Å²) in [6.07, 6.45) is 25.1. The standard InChI is InChI=1S/C67H60N2S/c1-6-47(5)54-37-36-53(42-49(54)25-13-10-11-23-46(3)4)69-64-33-21-17-29-58(64)60-44-51(35-39-66(60)69)67(61-30-18-14-26-55(61)56-27-15-19-31-62(56)67)50-34-38-65-59(43-50)57-28-16-20-32-63(57)68(65)52(7-2)41-48-24-12-8-9-22-40-70-45-48/h7-23,26-39,41-44,47H,3,6,24-25,40,45H2,1-2,4-5H3/b12-8-,13-10-,22-9-,23-11-,48-41-,52-7+. The molecule has 0 saturated carbocycles. The predicted octanol–water partition coefficient (Wildman–Crippen LogP) is 18.0. The number of aromatic nitrogens is 2. The third kappa shape index (κ3) is 7.78. The van der Waals surface area contributed by atoms with E-state index in [4.69, 9.17) is 0 Å². The van der Waals surface area contributed by atoms with Crippen molar-refractivity contribution in [2.75, 3.05) is 11.5 Å². The van der Waals surface area contributed by atoms with E-state index in [-0.39, 0.29) is 0 Å². The van der Waals surface area contributed by atoms with Crippen molar-refractivity contribution in [3.8, 4) is 16.8 Å². The maximum Gasteiger partial charge on any atom is 0.0714 e. The molecular formula is C67H60N2S. The highest BCUT2D eigenvalue weighted by atomic mass is 32.2. The van der Waals surface area contributed by atoms with Crippen molar-refractivity contribution >= 4 is 61.1 Å². The highest BCUT2D eigenvalue weighted by molar-refractivity contribution is 7.99. The Kier molecular flexibility index (Phi) is 12.4. The summed E-state index contributed by atoms with van der Waals surface area (Å²) in [4.78, 5) is 0. The summed E-state index contributed by atoms with van der Waals surface area (Å²) < 4.78 is 4.98. The van der Waals surface area contributed by atoms with Crippen LogP contribution in [0.15, 0.2) is 230 Å². The van der Waals surface area contributed by atoms with Crippen LogP contribution < -0.4 is 0 Å². The summed E-state index contributed by atoms with van der Waals surface area (Å²) in [6.45, 7) is 12.9. The Morgan fingerprint density at radius 1 is 0.686 bits per heavy atom. The zero-order valence-corrected chi connectivity index (χ0v) is 41.6. The van der Waals surface area contributed by atoms with E-state index in [1.165, 1.54) is 105 Å². The molecule has 344 valence electrons. The van der Waals surface area contributed by atoms with Crippen molar-refractivity contribution < 1.29 is 0 Å². The first kappa shape index (κ1) is 45.1. The quantitative estimate of drug-likeness (QED) is 0.118. The molecule has 0 amide bonds. The smallest absolute Gasteiger partial charge is 0.0714 e. The molecule has 0 bridgehead atoms. The Morgan fingerprint density at radius 2 is 1.30 bits per heavy atom. The van der Waals surface area contributed by atoms with Gasteiger partial charge in [0.2, 0.25) is 0 Å². The van der Waals surface area contributed by atoms with E-state index in [0.717, 1.165) is 36.3 Å². The fraction of sp³-hybridized carbons (Fsp3) is 0.164. The zero-order valence-electron chi connectivity index (χ0n) is 40.8. The van der Waals surface area contributed by atoms with Crippen LogP contribution in [0.5, 0.6) is 0 Å². The molecule has 0 N–H and O–H groups in total. The van der Waals surface area contributed by atoms with Gasteiger partial charge in [-0.1, -0.05) is 189 Å². The lowest BCUT2D eigenvalue weighted by atomic mass is 9.67. The first-order valence-corrected chi connectivity index (χ1v) is 26.2. The Morgan fingerprint density at radius 3 is 2.01 bits per heavy atom. The molecule has 0 fully saturated rings. The van der Waals surface area contributed by atoms with E-state index in [1.54, 1.807) is 0 Å². The van der Waals surface area contributed by atoms with Gasteiger partial charge in [0.15, 0.2) is 0 Å². The van der Waals surface area contributed by atoms with Gasteiger partial charge in [-0.2, -0.15) is 11.8 Å². The molecule has 9 aromatic rings. The number of fused-ring (bicyclic) bond motifs is 9. The summed E-state index contributed by atoms with van der Waals surface area (Å²) in [6, 6.07) is 58.1. The zero-order chi connectivity index (χ0) is 47.8. The Hall–Kier alpha value is -7.33. The first-order chi connectivity index (χ1) is 34.4. The summed E-state index contributed by atoms with van der Waals surface area (Å²) in [7, 11) is 0. The molecule has 2 nitrogen and oxygen atoms in total. The molecule has 70 heavy (non-hydrogen) atoms. The molecule has 0 saturated heterocycles. The average molecular weight is 925 g/mol. The van der Waals surface area contributed by atoms with Crippen LogP contribution in [0.3, 0.4) is 0 Å². The fourth-order valence-electron chi connectivity index (χ4n) is 11.4. The van der Waals surface area contributed by atoms with E-state index in [2.05, 4.69) is 249 Å². The monoisotopic (exact) mass is 924 g/mol. The van der Waals surface area contributed by atoms with E-state index in [9.17, 15) is 0 Å². The van der Waals surface area contributed by atoms with Crippen LogP contribution in [0.1, 0.15) is 79.8 Å². The lowest BCUT2D eigenvalue weighted by Crippen LogP contribution is -2.28. The number of thioether (sulfide) groups is 1. The van der Waals surface area contributed by atoms with Gasteiger partial charge in [-0.15, -0.1) is 0 Å². The number of nitrogens with zero attached hydrogens (tertiary/aromatic N) is 2. The van der Waals surface area contributed by atoms with Gasteiger partial charge < -0.3 is 9.13 Å². The van der Waals surface area contributed by atoms with Gasteiger partial charge in [-0.05, 0) is 138 Å². The van der Waals surface area contributed by atoms with Crippen LogP contribution in [-0.4, -0.2) is 20.6 Å². The van der Waals surface area contributed by atoms with E-state index >= 15 is 0 Å². The van der Waals surface area contributed by atoms with Gasteiger partial charge in [0.25, 0.3) is 0 Å². The predicted molar refractivity (Wildman–Crippen MR) is 305 cm³/mol. The van der Waals surface area contributed by atoms with Crippen LogP contribution in [0.25, 0.3) is 66.1 Å². The van der Waals surface area contributed by atoms with Gasteiger partial charge in [-0.3, -0.25) is 0 Å². The molecule has 0 spiro atoms. The topological polar surface area (TPSA) is 9.86 Å². The van der Waals surface area contributed by atoms with Crippen LogP contribution in [0.4, 0.5) is 0 Å². The van der Waals surface area contributed by atoms with Crippen LogP contribution in [0.2, 0.25) is 0 Å². The number of para-hydroxylation sites is 2. The normalized spacial score (nSPS) is 16.8. The Bertz CT molecular complexity index is 3640. The molecule has 3 heteroatoms. The summed E-state index contributed by atoms with van der Waals surface area (Å²) in [5, 5.41) is 5.03. The SMILES string of the molecule is C=C(C)/C=C\C=C/Cc1cc(-n2c3ccccc3c3cc(C4(c5ccc6c(c5)c5ccccc5n6C(/C=C5/C/C=C\C=C/CSC5)=C/C)c5ccccc5-c5ccccc54)ccc32)ccc1C(C)CC. The minimum atomic E-state index is -0.585. The minimum absolute atomic E-state index is 0.464. The molecule has 2 aliphatic rings. The van der Waals surface area contributed by atoms with Gasteiger partial charge in [0.1, 0.15) is 0 Å². The number of allylic oxidation sites excluding steroid dienone is 11. The summed E-state index contributed by atoms with van der Waals surface area (Å²) >= 11 is 1.98. The largest absolute Gasteiger partial charge is 0.310 e. The molecule has 1 unspecified atom stereocenters. The number of benzene rings is 7. The molecule has 1 atom stereocenters. The van der Waals surface area contributed by atoms with Crippen LogP contribution >= 0.6 is 11.8 Å². The second-order valence-electron chi connectivity index (χ2n) is 19.1. The Balaban J connectivity index is 1.12. The summed E-state index contributed by atoms with van der Waals surface area (Å²) in [5.74, 6) is 2.50. The molecule has 1 aliphatic carbocycles. The highest BCUT2D eigenvalue weighted by Crippen LogP contribution is 2.57. The second kappa shape index (κ2) is 19.2. The van der Waals surface area contributed by atoms with E-state index < -0.39 is 5.41 Å². The highest BCUT2D eigenvalue weighted by Gasteiger charge is 2.46. The lowest BCUT2D eigenvalue weighted by molar-refractivity contribution is 0.725. The molecule has 0 radical (unpaired) electrons. The number of hydrogen-bond acceptors (Lipinski definition) is 1. The van der Waals surface area contributed by atoms with E-state index in [1.807, 2.05) is 18.7 Å². The second-order valence-corrected chi connectivity index (χ2v) is 20.2. The van der Waals surface area contributed by atoms with Crippen molar-refractivity contribution in [3.05, 3.63) is 264 Å². The maximum atomic E-state index is 4.04. The van der Waals surface area contributed by atoms with Crippen LogP contribution in [0, 0.1) is 0 Å². The van der Waals surface area contributed by atoms with Gasteiger partial charge in [0.05, 0.1) is 27.5 Å². The van der Waals surface area contributed by atoms with Crippen molar-refractivity contribution in [1.29, 1.82) is 0 Å². The van der Waals surface area contributed by atoms with Crippen molar-refractivity contribution in [1.82, 2.24) is 9.13 Å². The van der Waals surface area contributed by atoms with Crippen molar-refractivity contribution in [2.45, 2.75) is 58.3 Å². The van der Waals surface area contributed by atoms with Gasteiger partial charge in [0, 0.05) is 44.4 Å². The maximum absolute atomic E-state index is 4.04. The fourth-order valence-corrected chi connectivity index (χ4v) is 12.3. The molecule has 2 aromatic heterocycles. The van der Waals surface area contributed by atoms with Crippen molar-refractivity contribution in [2.24, 2.45) is 0 Å². The number of hydrogen-bond donors (Lipinski definition) is 0.